The van der Waals surface area contributed by atoms with Gasteiger partial charge in [-0.2, -0.15) is 0 Å². The number of allylic oxidation sites excluding steroid dienone is 1. The maximum Gasteiger partial charge on any atom is 0.259 e. The van der Waals surface area contributed by atoms with Crippen molar-refractivity contribution in [2.24, 2.45) is 11.8 Å². The van der Waals surface area contributed by atoms with E-state index in [1.807, 2.05) is 6.92 Å². The lowest BCUT2D eigenvalue weighted by Gasteiger charge is -2.16. The summed E-state index contributed by atoms with van der Waals surface area (Å²) in [6.45, 7) is 5.99. The second-order valence-electron chi connectivity index (χ2n) is 6.67. The van der Waals surface area contributed by atoms with Crippen LogP contribution in [0.1, 0.15) is 39.2 Å². The molecule has 0 radical (unpaired) electrons. The van der Waals surface area contributed by atoms with Crippen molar-refractivity contribution in [1.82, 2.24) is 5.32 Å². The highest BCUT2D eigenvalue weighted by Crippen LogP contribution is 2.26. The van der Waals surface area contributed by atoms with E-state index >= 15 is 0 Å². The minimum Gasteiger partial charge on any atom is -0.511 e. The maximum atomic E-state index is 12.5. The van der Waals surface area contributed by atoms with Gasteiger partial charge in [-0.25, -0.2) is 0 Å². The van der Waals surface area contributed by atoms with Crippen molar-refractivity contribution in [2.75, 3.05) is 0 Å². The standard InChI is InChI=1S/C19H25NO4/c1-4-11(2)9-12(3)17(22)16-18(23)15(20-19(16)24)10-13-5-7-14(21)8-6-13/h5-8,11-12,15,21-22H,4,9-10H2,1-3H3,(H,20,24)/b17-16-. The number of rotatable bonds is 6. The summed E-state index contributed by atoms with van der Waals surface area (Å²) in [6, 6.07) is 5.83. The highest BCUT2D eigenvalue weighted by molar-refractivity contribution is 6.26. The van der Waals surface area contributed by atoms with Crippen LogP contribution in [0.25, 0.3) is 0 Å². The Balaban J connectivity index is 2.15. The van der Waals surface area contributed by atoms with Crippen LogP contribution in [0.4, 0.5) is 0 Å². The normalized spacial score (nSPS) is 22.2. The van der Waals surface area contributed by atoms with E-state index in [9.17, 15) is 19.8 Å². The molecule has 3 atom stereocenters. The fourth-order valence-corrected chi connectivity index (χ4v) is 2.96. The zero-order valence-corrected chi connectivity index (χ0v) is 14.4. The Morgan fingerprint density at radius 1 is 1.21 bits per heavy atom. The largest absolute Gasteiger partial charge is 0.511 e. The van der Waals surface area contributed by atoms with Crippen LogP contribution < -0.4 is 5.32 Å². The molecule has 1 aliphatic rings. The molecule has 0 spiro atoms. The Morgan fingerprint density at radius 3 is 2.42 bits per heavy atom. The third kappa shape index (κ3) is 3.96. The molecule has 5 heteroatoms. The minimum absolute atomic E-state index is 0.102. The third-order valence-electron chi connectivity index (χ3n) is 4.65. The van der Waals surface area contributed by atoms with Gasteiger partial charge >= 0.3 is 0 Å². The van der Waals surface area contributed by atoms with Crippen molar-refractivity contribution in [3.05, 3.63) is 41.2 Å². The Labute approximate surface area is 142 Å². The average molecular weight is 331 g/mol. The van der Waals surface area contributed by atoms with Crippen LogP contribution in [-0.4, -0.2) is 27.9 Å². The van der Waals surface area contributed by atoms with Crippen molar-refractivity contribution < 1.29 is 19.8 Å². The lowest BCUT2D eigenvalue weighted by Crippen LogP contribution is -2.31. The molecule has 1 fully saturated rings. The van der Waals surface area contributed by atoms with E-state index in [4.69, 9.17) is 0 Å². The lowest BCUT2D eigenvalue weighted by atomic mass is 9.91. The molecule has 1 aromatic carbocycles. The quantitative estimate of drug-likeness (QED) is 0.425. The van der Waals surface area contributed by atoms with Crippen LogP contribution in [0.5, 0.6) is 5.75 Å². The van der Waals surface area contributed by atoms with Crippen LogP contribution in [0.2, 0.25) is 0 Å². The average Bonchev–Trinajstić information content (AvgIpc) is 2.82. The van der Waals surface area contributed by atoms with Gasteiger partial charge in [0, 0.05) is 12.3 Å². The molecule has 1 amide bonds. The zero-order valence-electron chi connectivity index (χ0n) is 14.4. The number of aliphatic hydroxyl groups excluding tert-OH is 1. The summed E-state index contributed by atoms with van der Waals surface area (Å²) in [5.74, 6) is -0.630. The molecule has 130 valence electrons. The molecule has 0 aliphatic carbocycles. The second kappa shape index (κ2) is 7.51. The van der Waals surface area contributed by atoms with Crippen LogP contribution in [0, 0.1) is 11.8 Å². The second-order valence-corrected chi connectivity index (χ2v) is 6.67. The fourth-order valence-electron chi connectivity index (χ4n) is 2.96. The monoisotopic (exact) mass is 331 g/mol. The van der Waals surface area contributed by atoms with E-state index in [1.165, 1.54) is 0 Å². The topological polar surface area (TPSA) is 86.6 Å². The summed E-state index contributed by atoms with van der Waals surface area (Å²) in [5.41, 5.74) is 0.731. The number of phenolic OH excluding ortho intramolecular Hbond substituents is 1. The van der Waals surface area contributed by atoms with Crippen LogP contribution >= 0.6 is 0 Å². The fraction of sp³-hybridized carbons (Fsp3) is 0.474. The summed E-state index contributed by atoms with van der Waals surface area (Å²) >= 11 is 0. The number of hydrogen-bond donors (Lipinski definition) is 3. The Morgan fingerprint density at radius 2 is 1.83 bits per heavy atom. The van der Waals surface area contributed by atoms with Gasteiger partial charge in [0.1, 0.15) is 17.1 Å². The number of nitrogens with one attached hydrogen (secondary N) is 1. The first kappa shape index (κ1) is 18.0. The first-order chi connectivity index (χ1) is 11.3. The Bertz CT molecular complexity index is 648. The van der Waals surface area contributed by atoms with E-state index in [0.29, 0.717) is 12.3 Å². The Kier molecular flexibility index (Phi) is 5.65. The summed E-state index contributed by atoms with van der Waals surface area (Å²) < 4.78 is 0. The number of aromatic hydroxyl groups is 1. The number of phenols is 1. The highest BCUT2D eigenvalue weighted by Gasteiger charge is 2.39. The van der Waals surface area contributed by atoms with Gasteiger partial charge in [-0.3, -0.25) is 9.59 Å². The summed E-state index contributed by atoms with van der Waals surface area (Å²) in [7, 11) is 0. The molecule has 0 saturated carbocycles. The van der Waals surface area contributed by atoms with Crippen molar-refractivity contribution >= 4 is 11.7 Å². The van der Waals surface area contributed by atoms with Gasteiger partial charge in [0.25, 0.3) is 5.91 Å². The number of benzene rings is 1. The molecule has 5 nitrogen and oxygen atoms in total. The molecule has 1 saturated heterocycles. The first-order valence-corrected chi connectivity index (χ1v) is 8.39. The van der Waals surface area contributed by atoms with Gasteiger partial charge < -0.3 is 15.5 Å². The first-order valence-electron chi connectivity index (χ1n) is 8.39. The number of aliphatic hydroxyl groups is 1. The zero-order chi connectivity index (χ0) is 17.9. The van der Waals surface area contributed by atoms with Crippen molar-refractivity contribution in [3.8, 4) is 5.75 Å². The van der Waals surface area contributed by atoms with Crippen molar-refractivity contribution in [2.45, 2.75) is 46.1 Å². The van der Waals surface area contributed by atoms with Gasteiger partial charge in [0.15, 0.2) is 5.78 Å². The van der Waals surface area contributed by atoms with Crippen molar-refractivity contribution in [3.63, 3.8) is 0 Å². The molecular weight excluding hydrogens is 306 g/mol. The molecule has 0 aromatic heterocycles. The van der Waals surface area contributed by atoms with E-state index in [1.54, 1.807) is 24.3 Å². The highest BCUT2D eigenvalue weighted by atomic mass is 16.3. The minimum atomic E-state index is -0.671. The number of carbonyl (C=O) groups excluding carboxylic acids is 2. The molecule has 3 N–H and O–H groups in total. The van der Waals surface area contributed by atoms with Gasteiger partial charge in [0.05, 0.1) is 6.04 Å². The summed E-state index contributed by atoms with van der Waals surface area (Å²) in [5, 5.41) is 22.3. The number of Topliss-reactive ketones (excluding diaryl/α,β-unsaturated/α-hetero) is 1. The number of carbonyl (C=O) groups is 2. The van der Waals surface area contributed by atoms with Crippen molar-refractivity contribution in [1.29, 1.82) is 0 Å². The molecular formula is C19H25NO4. The SMILES string of the molecule is CCC(C)CC(C)/C(O)=C1/C(=O)NC(Cc2ccc(O)cc2)C1=O. The van der Waals surface area contributed by atoms with E-state index in [0.717, 1.165) is 18.4 Å². The number of amides is 1. The van der Waals surface area contributed by atoms with Gasteiger partial charge in [-0.1, -0.05) is 39.3 Å². The molecule has 2 rings (SSSR count). The van der Waals surface area contributed by atoms with Crippen LogP contribution in [-0.2, 0) is 16.0 Å². The molecule has 3 unspecified atom stereocenters. The number of ketones is 1. The maximum absolute atomic E-state index is 12.5. The predicted molar refractivity (Wildman–Crippen MR) is 91.6 cm³/mol. The van der Waals surface area contributed by atoms with Crippen LogP contribution in [0.3, 0.4) is 0 Å². The molecule has 1 aromatic rings. The smallest absolute Gasteiger partial charge is 0.259 e. The lowest BCUT2D eigenvalue weighted by molar-refractivity contribution is -0.117. The van der Waals surface area contributed by atoms with Crippen LogP contribution in [0.15, 0.2) is 35.6 Å². The van der Waals surface area contributed by atoms with E-state index in [-0.39, 0.29) is 28.8 Å². The molecule has 1 aliphatic heterocycles. The Hall–Kier alpha value is -2.30. The van der Waals surface area contributed by atoms with Gasteiger partial charge in [0.2, 0.25) is 0 Å². The van der Waals surface area contributed by atoms with Gasteiger partial charge in [-0.05, 0) is 30.0 Å². The predicted octanol–water partition coefficient (Wildman–Crippen LogP) is 2.89. The molecule has 0 bridgehead atoms. The molecule has 1 heterocycles. The van der Waals surface area contributed by atoms with Gasteiger partial charge in [-0.15, -0.1) is 0 Å². The molecule has 24 heavy (non-hydrogen) atoms. The third-order valence-corrected chi connectivity index (χ3v) is 4.65. The van der Waals surface area contributed by atoms with E-state index < -0.39 is 11.9 Å². The summed E-state index contributed by atoms with van der Waals surface area (Å²) in [4.78, 5) is 24.7. The number of hydrogen-bond acceptors (Lipinski definition) is 4. The summed E-state index contributed by atoms with van der Waals surface area (Å²) in [6.07, 6.45) is 2.05. The van der Waals surface area contributed by atoms with E-state index in [2.05, 4.69) is 19.2 Å².